The first kappa shape index (κ1) is 20.6. The summed E-state index contributed by atoms with van der Waals surface area (Å²) in [5, 5.41) is 28.5. The Labute approximate surface area is 184 Å². The van der Waals surface area contributed by atoms with E-state index in [1.165, 1.54) is 11.3 Å². The van der Waals surface area contributed by atoms with Gasteiger partial charge in [0, 0.05) is 31.1 Å². The first-order valence-electron chi connectivity index (χ1n) is 9.86. The Bertz CT molecular complexity index is 996. The summed E-state index contributed by atoms with van der Waals surface area (Å²) in [6.45, 7) is 3.58. The van der Waals surface area contributed by atoms with Crippen molar-refractivity contribution in [1.82, 2.24) is 4.90 Å². The van der Waals surface area contributed by atoms with Crippen LogP contribution in [-0.4, -0.2) is 52.1 Å². The van der Waals surface area contributed by atoms with Crippen LogP contribution in [0.2, 0.25) is 0 Å². The fourth-order valence-electron chi connectivity index (χ4n) is 3.81. The van der Waals surface area contributed by atoms with Crippen LogP contribution in [0.25, 0.3) is 10.4 Å². The van der Waals surface area contributed by atoms with Gasteiger partial charge in [0.05, 0.1) is 17.4 Å². The quantitative estimate of drug-likeness (QED) is 0.419. The topological polar surface area (TPSA) is 85.6 Å². The number of carboxylic acid groups (broad SMARTS) is 1. The predicted octanol–water partition coefficient (Wildman–Crippen LogP) is 3.95. The molecule has 0 saturated carbocycles. The second-order valence-corrected chi connectivity index (χ2v) is 8.53. The first-order valence-corrected chi connectivity index (χ1v) is 11.2. The van der Waals surface area contributed by atoms with E-state index in [4.69, 9.17) is 17.0 Å². The van der Waals surface area contributed by atoms with Gasteiger partial charge in [-0.15, -0.1) is 11.3 Å². The lowest BCUT2D eigenvalue weighted by atomic mass is 9.97. The lowest BCUT2D eigenvalue weighted by molar-refractivity contribution is -0.143. The first-order chi connectivity index (χ1) is 14.5. The molecule has 2 aliphatic rings. The number of thiocarbonyl (C=S) groups is 1. The molecule has 30 heavy (non-hydrogen) atoms. The molecule has 4 rings (SSSR count). The highest BCUT2D eigenvalue weighted by atomic mass is 32.1. The zero-order chi connectivity index (χ0) is 21.3. The molecule has 1 saturated heterocycles. The fourth-order valence-corrected chi connectivity index (χ4v) is 5.06. The van der Waals surface area contributed by atoms with E-state index in [9.17, 15) is 15.0 Å². The number of carbonyl (C=O) groups is 1. The van der Waals surface area contributed by atoms with E-state index < -0.39 is 5.97 Å². The summed E-state index contributed by atoms with van der Waals surface area (Å²) in [7, 11) is 0. The molecular formula is C21H23N3O4S2. The summed E-state index contributed by atoms with van der Waals surface area (Å²) in [5.41, 5.74) is 2.60. The van der Waals surface area contributed by atoms with E-state index in [1.54, 1.807) is 18.1 Å². The normalized spacial score (nSPS) is 16.5. The highest BCUT2D eigenvalue weighted by Crippen LogP contribution is 2.45. The molecule has 1 aromatic heterocycles. The number of fused-ring (bicyclic) bond motifs is 1. The number of anilines is 1. The van der Waals surface area contributed by atoms with Crippen molar-refractivity contribution in [2.75, 3.05) is 24.7 Å². The Morgan fingerprint density at radius 3 is 2.87 bits per heavy atom. The number of hydrogen-bond acceptors (Lipinski definition) is 6. The summed E-state index contributed by atoms with van der Waals surface area (Å²) in [6, 6.07) is 5.94. The molecule has 0 radical (unpaired) electrons. The van der Waals surface area contributed by atoms with Crippen LogP contribution >= 0.6 is 23.6 Å². The van der Waals surface area contributed by atoms with E-state index >= 15 is 0 Å². The number of rotatable bonds is 4. The molecule has 2 aromatic rings. The fraction of sp³-hybridized carbons (Fsp3) is 0.381. The molecule has 1 aromatic carbocycles. The zero-order valence-corrected chi connectivity index (χ0v) is 18.2. The zero-order valence-electron chi connectivity index (χ0n) is 16.6. The number of aliphatic carboxylic acids is 1. The smallest absolute Gasteiger partial charge is 0.306 e. The third kappa shape index (κ3) is 3.87. The summed E-state index contributed by atoms with van der Waals surface area (Å²) in [4.78, 5) is 13.9. The van der Waals surface area contributed by atoms with Crippen LogP contribution in [0.3, 0.4) is 0 Å². The number of piperidine rings is 1. The molecule has 0 unspecified atom stereocenters. The van der Waals surface area contributed by atoms with Crippen LogP contribution in [0.15, 0.2) is 28.7 Å². The average molecular weight is 446 g/mol. The summed E-state index contributed by atoms with van der Waals surface area (Å²) in [6.07, 6.45) is 3.57. The molecule has 0 amide bonds. The average Bonchev–Trinajstić information content (AvgIpc) is 3.37. The monoisotopic (exact) mass is 445 g/mol. The number of ether oxygens (including phenoxy) is 1. The van der Waals surface area contributed by atoms with Crippen molar-refractivity contribution in [3.63, 3.8) is 0 Å². The molecule has 0 atom stereocenters. The van der Waals surface area contributed by atoms with E-state index in [2.05, 4.69) is 11.2 Å². The van der Waals surface area contributed by atoms with Gasteiger partial charge in [-0.3, -0.25) is 4.79 Å². The van der Waals surface area contributed by atoms with Crippen molar-refractivity contribution < 1.29 is 19.7 Å². The minimum absolute atomic E-state index is 0.132. The van der Waals surface area contributed by atoms with Gasteiger partial charge in [0.25, 0.3) is 0 Å². The molecule has 2 aliphatic heterocycles. The molecular weight excluding hydrogens is 422 g/mol. The van der Waals surface area contributed by atoms with Gasteiger partial charge >= 0.3 is 5.97 Å². The number of aromatic hydroxyl groups is 1. The molecule has 158 valence electrons. The summed E-state index contributed by atoms with van der Waals surface area (Å²) in [5.74, 6) is -0.0635. The lowest BCUT2D eigenvalue weighted by Crippen LogP contribution is -2.45. The van der Waals surface area contributed by atoms with Gasteiger partial charge in [0.2, 0.25) is 0 Å². The third-order valence-electron chi connectivity index (χ3n) is 5.45. The molecule has 3 heterocycles. The van der Waals surface area contributed by atoms with Gasteiger partial charge in [-0.2, -0.15) is 5.10 Å². The third-order valence-corrected chi connectivity index (χ3v) is 6.89. The van der Waals surface area contributed by atoms with Crippen LogP contribution < -0.4 is 9.75 Å². The molecule has 7 nitrogen and oxygen atoms in total. The second-order valence-electron chi connectivity index (χ2n) is 7.29. The molecule has 9 heteroatoms. The minimum Gasteiger partial charge on any atom is -0.504 e. The number of thiophene rings is 1. The molecule has 2 N–H and O–H groups in total. The van der Waals surface area contributed by atoms with Crippen molar-refractivity contribution in [2.24, 2.45) is 11.0 Å². The van der Waals surface area contributed by atoms with Gasteiger partial charge in [0.15, 0.2) is 10.9 Å². The van der Waals surface area contributed by atoms with E-state index in [-0.39, 0.29) is 11.7 Å². The number of likely N-dealkylation sites (tertiary alicyclic amines) is 1. The van der Waals surface area contributed by atoms with Gasteiger partial charge in [-0.1, -0.05) is 0 Å². The molecule has 0 spiro atoms. The van der Waals surface area contributed by atoms with E-state index in [0.717, 1.165) is 28.2 Å². The number of nitrogens with zero attached hydrogens (tertiary/aromatic N) is 3. The Morgan fingerprint density at radius 1 is 1.40 bits per heavy atom. The lowest BCUT2D eigenvalue weighted by Gasteiger charge is -2.35. The maximum Gasteiger partial charge on any atom is 0.306 e. The van der Waals surface area contributed by atoms with Gasteiger partial charge < -0.3 is 19.8 Å². The SMILES string of the molecule is C/C=N/N(C(=S)N1CCC(C(=O)O)CC1)c1csc(-c2ccc3c(c2)CCO3)c1O. The number of benzene rings is 1. The largest absolute Gasteiger partial charge is 0.504 e. The van der Waals surface area contributed by atoms with Crippen LogP contribution in [0.5, 0.6) is 11.5 Å². The number of hydrazone groups is 1. The van der Waals surface area contributed by atoms with Crippen LogP contribution in [-0.2, 0) is 11.2 Å². The standard InChI is InChI=1S/C21H23N3O4S2/c1-2-22-24(21(29)23-8-5-13(6-9-23)20(26)27)16-12-30-19(18(16)25)15-3-4-17-14(11-15)7-10-28-17/h2-4,11-13,25H,5-10H2,1H3,(H,26,27)/b22-2+. The van der Waals surface area contributed by atoms with Crippen molar-refractivity contribution in [2.45, 2.75) is 26.2 Å². The number of hydrogen-bond donors (Lipinski definition) is 2. The second kappa shape index (κ2) is 8.61. The van der Waals surface area contributed by atoms with E-state index in [0.29, 0.717) is 43.3 Å². The summed E-state index contributed by atoms with van der Waals surface area (Å²) < 4.78 is 5.57. The maximum absolute atomic E-state index is 11.2. The maximum atomic E-state index is 11.2. The van der Waals surface area contributed by atoms with Crippen molar-refractivity contribution in [3.8, 4) is 21.9 Å². The van der Waals surface area contributed by atoms with Gasteiger partial charge in [-0.25, -0.2) is 5.01 Å². The molecule has 1 fully saturated rings. The highest BCUT2D eigenvalue weighted by Gasteiger charge is 2.29. The highest BCUT2D eigenvalue weighted by molar-refractivity contribution is 7.80. The van der Waals surface area contributed by atoms with E-state index in [1.807, 2.05) is 22.4 Å². The molecule has 0 aliphatic carbocycles. The van der Waals surface area contributed by atoms with Crippen LogP contribution in [0.4, 0.5) is 5.69 Å². The Hall–Kier alpha value is -2.65. The Morgan fingerprint density at radius 2 is 2.17 bits per heavy atom. The predicted molar refractivity (Wildman–Crippen MR) is 122 cm³/mol. The molecule has 0 bridgehead atoms. The van der Waals surface area contributed by atoms with Gasteiger partial charge in [0.1, 0.15) is 11.4 Å². The summed E-state index contributed by atoms with van der Waals surface area (Å²) >= 11 is 7.10. The minimum atomic E-state index is -0.760. The van der Waals surface area contributed by atoms with Crippen molar-refractivity contribution in [3.05, 3.63) is 29.1 Å². The van der Waals surface area contributed by atoms with Gasteiger partial charge in [-0.05, 0) is 61.3 Å². The van der Waals surface area contributed by atoms with Crippen LogP contribution in [0.1, 0.15) is 25.3 Å². The van der Waals surface area contributed by atoms with Crippen molar-refractivity contribution >= 4 is 46.5 Å². The Kier molecular flexibility index (Phi) is 5.92. The van der Waals surface area contributed by atoms with Crippen LogP contribution in [0, 0.1) is 5.92 Å². The van der Waals surface area contributed by atoms with Crippen molar-refractivity contribution in [1.29, 1.82) is 0 Å². The number of carboxylic acids is 1. The Balaban J connectivity index is 1.58.